The zero-order valence-corrected chi connectivity index (χ0v) is 18.7. The van der Waals surface area contributed by atoms with E-state index >= 15 is 0 Å². The molecule has 1 aliphatic rings. The first-order chi connectivity index (χ1) is 16.7. The maximum atomic E-state index is 13.7. The third-order valence-electron chi connectivity index (χ3n) is 4.99. The van der Waals surface area contributed by atoms with Crippen molar-refractivity contribution >= 4 is 34.0 Å². The smallest absolute Gasteiger partial charge is 0.389 e. The summed E-state index contributed by atoms with van der Waals surface area (Å²) in [4.78, 5) is 34.4. The number of nitrogens with zero attached hydrogens (tertiary/aromatic N) is 6. The van der Waals surface area contributed by atoms with E-state index in [9.17, 15) is 26.8 Å². The van der Waals surface area contributed by atoms with Crippen LogP contribution in [0.1, 0.15) is 23.2 Å². The first-order valence-corrected chi connectivity index (χ1v) is 11.2. The van der Waals surface area contributed by atoms with E-state index in [1.807, 2.05) is 0 Å². The molecule has 1 saturated heterocycles. The van der Waals surface area contributed by atoms with Gasteiger partial charge in [-0.3, -0.25) is 4.79 Å². The van der Waals surface area contributed by atoms with Crippen molar-refractivity contribution in [3.05, 3.63) is 54.6 Å². The molecule has 0 radical (unpaired) electrons. The Hall–Kier alpha value is -4.27. The van der Waals surface area contributed by atoms with Gasteiger partial charge in [-0.15, -0.1) is 0 Å². The van der Waals surface area contributed by atoms with E-state index < -0.39 is 28.4 Å². The van der Waals surface area contributed by atoms with E-state index in [1.165, 1.54) is 35.3 Å². The second kappa shape index (κ2) is 9.92. The van der Waals surface area contributed by atoms with Crippen LogP contribution in [-0.2, 0) is 10.5 Å². The molecule has 2 amide bonds. The van der Waals surface area contributed by atoms with Gasteiger partial charge in [-0.2, -0.15) is 13.5 Å². The molecule has 1 aliphatic heterocycles. The summed E-state index contributed by atoms with van der Waals surface area (Å²) in [5, 5.41) is 6.73. The molecule has 182 valence electrons. The molecule has 15 heteroatoms. The molecule has 3 aromatic rings. The van der Waals surface area contributed by atoms with Crippen LogP contribution < -0.4 is 15.0 Å². The molecular weight excluding hydrogens is 488 g/mol. The van der Waals surface area contributed by atoms with Crippen molar-refractivity contribution in [3.63, 3.8) is 0 Å². The lowest BCUT2D eigenvalue weighted by Gasteiger charge is -2.33. The Morgan fingerprint density at radius 3 is 2.60 bits per heavy atom. The van der Waals surface area contributed by atoms with Gasteiger partial charge in [0, 0.05) is 56.3 Å². The lowest BCUT2D eigenvalue weighted by molar-refractivity contribution is -0.0221. The Morgan fingerprint density at radius 1 is 1.14 bits per heavy atom. The van der Waals surface area contributed by atoms with E-state index in [0.717, 1.165) is 0 Å². The Bertz CT molecular complexity index is 1380. The Morgan fingerprint density at radius 2 is 1.91 bits per heavy atom. The standard InChI is InChI=1S/C20H17F2N7O5S/c21-20(22)3-8-28(9-4-20)17-15(11-14(12-24-17)29-7-1-5-25-29)18(30)26-13-2-6-23-16(10-13)34-19(31)27-35(32)33/h1-2,5-7,10-12H,3-4,8-9H2,(H,23,26,30). The molecule has 0 saturated carbocycles. The Labute approximate surface area is 198 Å². The van der Waals surface area contributed by atoms with Crippen LogP contribution in [0.5, 0.6) is 5.88 Å². The fraction of sp³-hybridized carbons (Fsp3) is 0.250. The van der Waals surface area contributed by atoms with Crippen LogP contribution in [0.4, 0.5) is 25.1 Å². The number of hydrogen-bond acceptors (Lipinski definition) is 9. The van der Waals surface area contributed by atoms with Crippen molar-refractivity contribution in [2.75, 3.05) is 23.3 Å². The lowest BCUT2D eigenvalue weighted by atomic mass is 10.1. The lowest BCUT2D eigenvalue weighted by Crippen LogP contribution is -2.40. The number of amides is 2. The molecule has 1 N–H and O–H groups in total. The second-order valence-corrected chi connectivity index (χ2v) is 7.99. The molecule has 0 atom stereocenters. The van der Waals surface area contributed by atoms with E-state index in [1.54, 1.807) is 23.4 Å². The number of ether oxygens (including phenoxy) is 1. The van der Waals surface area contributed by atoms with Gasteiger partial charge in [-0.1, -0.05) is 4.36 Å². The number of anilines is 2. The van der Waals surface area contributed by atoms with Crippen molar-refractivity contribution in [3.8, 4) is 11.6 Å². The van der Waals surface area contributed by atoms with Crippen LogP contribution in [0.25, 0.3) is 5.69 Å². The largest absolute Gasteiger partial charge is 0.455 e. The monoisotopic (exact) mass is 505 g/mol. The van der Waals surface area contributed by atoms with Gasteiger partial charge in [0.25, 0.3) is 11.8 Å². The summed E-state index contributed by atoms with van der Waals surface area (Å²) in [7, 11) is -3.00. The molecule has 4 heterocycles. The molecular formula is C20H17F2N7O5S. The maximum Gasteiger partial charge on any atom is 0.455 e. The minimum Gasteiger partial charge on any atom is -0.389 e. The first kappa shape index (κ1) is 23.9. The molecule has 3 aromatic heterocycles. The molecule has 35 heavy (non-hydrogen) atoms. The summed E-state index contributed by atoms with van der Waals surface area (Å²) in [5.74, 6) is -3.47. The summed E-state index contributed by atoms with van der Waals surface area (Å²) >= 11 is 0. The van der Waals surface area contributed by atoms with Crippen molar-refractivity contribution in [2.24, 2.45) is 4.36 Å². The average molecular weight is 505 g/mol. The van der Waals surface area contributed by atoms with Gasteiger partial charge >= 0.3 is 16.6 Å². The minimum absolute atomic E-state index is 0.0152. The number of piperidine rings is 1. The van der Waals surface area contributed by atoms with Crippen LogP contribution in [0.3, 0.4) is 0 Å². The number of nitrogens with one attached hydrogen (secondary N) is 1. The predicted molar refractivity (Wildman–Crippen MR) is 117 cm³/mol. The molecule has 12 nitrogen and oxygen atoms in total. The van der Waals surface area contributed by atoms with Crippen molar-refractivity contribution in [1.29, 1.82) is 0 Å². The van der Waals surface area contributed by atoms with Gasteiger partial charge in [-0.25, -0.2) is 28.2 Å². The summed E-state index contributed by atoms with van der Waals surface area (Å²) in [6.45, 7) is 0.0304. The molecule has 0 aromatic carbocycles. The molecule has 0 unspecified atom stereocenters. The topological polar surface area (TPSA) is 149 Å². The van der Waals surface area contributed by atoms with Crippen LogP contribution in [0.15, 0.2) is 53.4 Å². The highest BCUT2D eigenvalue weighted by Crippen LogP contribution is 2.32. The quantitative estimate of drug-likeness (QED) is 0.552. The highest BCUT2D eigenvalue weighted by Gasteiger charge is 2.35. The first-order valence-electron chi connectivity index (χ1n) is 10.1. The number of pyridine rings is 2. The average Bonchev–Trinajstić information content (AvgIpc) is 3.33. The molecule has 4 rings (SSSR count). The van der Waals surface area contributed by atoms with Crippen LogP contribution in [-0.4, -0.2) is 59.2 Å². The Balaban J connectivity index is 1.61. The van der Waals surface area contributed by atoms with E-state index in [-0.39, 0.29) is 48.9 Å². The third kappa shape index (κ3) is 6.00. The number of alkyl halides is 2. The molecule has 1 fully saturated rings. The zero-order valence-electron chi connectivity index (χ0n) is 17.8. The fourth-order valence-electron chi connectivity index (χ4n) is 3.37. The number of rotatable bonds is 5. The van der Waals surface area contributed by atoms with E-state index in [0.29, 0.717) is 5.69 Å². The highest BCUT2D eigenvalue weighted by atomic mass is 32.2. The van der Waals surface area contributed by atoms with Crippen LogP contribution in [0, 0.1) is 0 Å². The maximum absolute atomic E-state index is 13.7. The SMILES string of the molecule is O=C(N=S(=O)=O)Oc1cc(NC(=O)c2cc(-n3cccn3)cnc2N2CCC(F)(F)CC2)ccn1. The van der Waals surface area contributed by atoms with Crippen molar-refractivity contribution in [2.45, 2.75) is 18.8 Å². The number of hydrogen-bond donors (Lipinski definition) is 1. The van der Waals surface area contributed by atoms with E-state index in [4.69, 9.17) is 4.74 Å². The summed E-state index contributed by atoms with van der Waals surface area (Å²) in [6, 6.07) is 5.81. The summed E-state index contributed by atoms with van der Waals surface area (Å²) in [5.41, 5.74) is 0.745. The summed E-state index contributed by atoms with van der Waals surface area (Å²) < 4.78 is 57.1. The van der Waals surface area contributed by atoms with Gasteiger partial charge < -0.3 is 15.0 Å². The second-order valence-electron chi connectivity index (χ2n) is 7.37. The highest BCUT2D eigenvalue weighted by molar-refractivity contribution is 7.62. The number of aromatic nitrogens is 4. The van der Waals surface area contributed by atoms with Crippen LogP contribution in [0.2, 0.25) is 0 Å². The van der Waals surface area contributed by atoms with Gasteiger partial charge in [0.1, 0.15) is 5.82 Å². The summed E-state index contributed by atoms with van der Waals surface area (Å²) in [6.07, 6.45) is 3.77. The van der Waals surface area contributed by atoms with Crippen molar-refractivity contribution in [1.82, 2.24) is 19.7 Å². The van der Waals surface area contributed by atoms with Gasteiger partial charge in [0.15, 0.2) is 0 Å². The molecule has 0 spiro atoms. The predicted octanol–water partition coefficient (Wildman–Crippen LogP) is 2.71. The third-order valence-corrected chi connectivity index (χ3v) is 5.29. The zero-order chi connectivity index (χ0) is 25.0. The van der Waals surface area contributed by atoms with Crippen molar-refractivity contribution < 1.29 is 31.5 Å². The minimum atomic E-state index is -3.00. The molecule has 0 aliphatic carbocycles. The fourth-order valence-corrected chi connectivity index (χ4v) is 3.53. The molecule has 0 bridgehead atoms. The van der Waals surface area contributed by atoms with Gasteiger partial charge in [0.2, 0.25) is 5.88 Å². The van der Waals surface area contributed by atoms with Gasteiger partial charge in [-0.05, 0) is 18.2 Å². The number of carbonyl (C=O) groups excluding carboxylic acids is 2. The van der Waals surface area contributed by atoms with Gasteiger partial charge in [0.05, 0.1) is 17.4 Å². The van der Waals surface area contributed by atoms with Crippen LogP contribution >= 0.6 is 0 Å². The normalized spacial score (nSPS) is 14.7. The Kier molecular flexibility index (Phi) is 6.77. The number of carbonyl (C=O) groups is 2. The number of halogens is 2. The van der Waals surface area contributed by atoms with E-state index in [2.05, 4.69) is 24.7 Å².